The highest BCUT2D eigenvalue weighted by Crippen LogP contribution is 2.40. The average molecular weight is 923 g/mol. The van der Waals surface area contributed by atoms with Gasteiger partial charge < -0.3 is 75.8 Å². The molecule has 0 aliphatic carbocycles. The minimum Gasteiger partial charge on any atom is -0.463 e. The van der Waals surface area contributed by atoms with E-state index in [1.54, 1.807) is 27.7 Å². The van der Waals surface area contributed by atoms with Crippen LogP contribution in [0.15, 0.2) is 0 Å². The van der Waals surface area contributed by atoms with Crippen LogP contribution in [-0.2, 0) is 114 Å². The maximum atomic E-state index is 12.4. The molecule has 4 rings (SSSR count). The summed E-state index contributed by atoms with van der Waals surface area (Å²) in [5.74, 6) is -8.92. The van der Waals surface area contributed by atoms with Crippen molar-refractivity contribution in [1.82, 2.24) is 0 Å². The number of carbonyl (C=O) groups is 8. The number of carbonyl (C=O) groups excluding carboxylic acids is 8. The zero-order valence-corrected chi connectivity index (χ0v) is 37.7. The molecule has 0 saturated carbocycles. The second-order valence-corrected chi connectivity index (χ2v) is 16.1. The molecule has 4 saturated heterocycles. The molecule has 64 heavy (non-hydrogen) atoms. The van der Waals surface area contributed by atoms with Gasteiger partial charge in [-0.3, -0.25) is 38.4 Å². The third kappa shape index (κ3) is 14.7. The van der Waals surface area contributed by atoms with Crippen LogP contribution in [0.1, 0.15) is 83.1 Å². The van der Waals surface area contributed by atoms with Gasteiger partial charge in [-0.15, -0.1) is 0 Å². The Hall–Kier alpha value is -4.56. The van der Waals surface area contributed by atoms with E-state index in [4.69, 9.17) is 75.8 Å². The van der Waals surface area contributed by atoms with Gasteiger partial charge in [0, 0.05) is 55.4 Å². The van der Waals surface area contributed by atoms with Crippen LogP contribution in [-0.4, -0.2) is 172 Å². The van der Waals surface area contributed by atoms with Crippen LogP contribution in [0.2, 0.25) is 0 Å². The molecule has 362 valence electrons. The van der Waals surface area contributed by atoms with Crippen molar-refractivity contribution < 1.29 is 114 Å². The van der Waals surface area contributed by atoms with Crippen LogP contribution in [0.25, 0.3) is 0 Å². The lowest BCUT2D eigenvalue weighted by Gasteiger charge is -2.44. The third-order valence-electron chi connectivity index (χ3n) is 9.51. The van der Waals surface area contributed by atoms with Crippen molar-refractivity contribution in [3.63, 3.8) is 0 Å². The Labute approximate surface area is 368 Å². The fraction of sp³-hybridized carbons (Fsp3) is 0.800. The smallest absolute Gasteiger partial charge is 0.303 e. The van der Waals surface area contributed by atoms with Gasteiger partial charge >= 0.3 is 47.8 Å². The first kappa shape index (κ1) is 52.1. The van der Waals surface area contributed by atoms with E-state index >= 15 is 0 Å². The molecular weight excluding hydrogens is 864 g/mol. The Balaban J connectivity index is 1.63. The van der Waals surface area contributed by atoms with E-state index in [0.29, 0.717) is 0 Å². The van der Waals surface area contributed by atoms with Gasteiger partial charge in [0.15, 0.2) is 60.8 Å². The molecule has 0 unspecified atom stereocenters. The van der Waals surface area contributed by atoms with E-state index in [-0.39, 0.29) is 13.2 Å². The van der Waals surface area contributed by atoms with Gasteiger partial charge in [0.1, 0.15) is 49.8 Å². The zero-order chi connectivity index (χ0) is 47.8. The van der Waals surface area contributed by atoms with E-state index in [9.17, 15) is 38.4 Å². The van der Waals surface area contributed by atoms with E-state index in [0.717, 1.165) is 55.4 Å². The molecule has 0 aromatic heterocycles. The van der Waals surface area contributed by atoms with Crippen molar-refractivity contribution in [3.8, 4) is 0 Å². The van der Waals surface area contributed by atoms with Crippen molar-refractivity contribution in [2.75, 3.05) is 26.4 Å². The molecule has 24 heteroatoms. The summed E-state index contributed by atoms with van der Waals surface area (Å²) in [6.07, 6.45) is -18.6. The summed E-state index contributed by atoms with van der Waals surface area (Å²) < 4.78 is 93.0. The molecule has 0 bridgehead atoms. The summed E-state index contributed by atoms with van der Waals surface area (Å²) in [6.45, 7) is 13.6. The molecule has 0 aromatic carbocycles. The lowest BCUT2D eigenvalue weighted by molar-refractivity contribution is -0.312. The summed E-state index contributed by atoms with van der Waals surface area (Å²) in [4.78, 5) is 97.5. The molecule has 0 aromatic rings. The largest absolute Gasteiger partial charge is 0.463 e. The summed E-state index contributed by atoms with van der Waals surface area (Å²) in [6, 6.07) is 0. The highest BCUT2D eigenvalue weighted by Gasteiger charge is 2.58. The quantitative estimate of drug-likeness (QED) is 0.139. The van der Waals surface area contributed by atoms with Crippen molar-refractivity contribution in [2.45, 2.75) is 180 Å². The van der Waals surface area contributed by atoms with E-state index < -0.39 is 158 Å². The molecule has 0 spiro atoms. The fourth-order valence-corrected chi connectivity index (χ4v) is 7.57. The third-order valence-corrected chi connectivity index (χ3v) is 9.51. The molecule has 14 atom stereocenters. The first-order chi connectivity index (χ1) is 29.7. The second-order valence-electron chi connectivity index (χ2n) is 16.1. The Kier molecular flexibility index (Phi) is 18.0. The van der Waals surface area contributed by atoms with Crippen molar-refractivity contribution >= 4 is 47.8 Å². The van der Waals surface area contributed by atoms with Crippen molar-refractivity contribution in [2.24, 2.45) is 0 Å². The number of rotatable bonds is 17. The summed E-state index contributed by atoms with van der Waals surface area (Å²) in [5, 5.41) is 0. The zero-order valence-electron chi connectivity index (χ0n) is 37.7. The van der Waals surface area contributed by atoms with E-state index in [1.807, 2.05) is 0 Å². The van der Waals surface area contributed by atoms with Crippen molar-refractivity contribution in [3.05, 3.63) is 0 Å². The molecule has 0 amide bonds. The Morgan fingerprint density at radius 3 is 0.922 bits per heavy atom. The highest BCUT2D eigenvalue weighted by molar-refractivity contribution is 5.70. The summed E-state index contributed by atoms with van der Waals surface area (Å²) in [5.41, 5.74) is 0. The van der Waals surface area contributed by atoms with Gasteiger partial charge in [0.05, 0.1) is 13.2 Å². The molecule has 0 radical (unpaired) electrons. The summed E-state index contributed by atoms with van der Waals surface area (Å²) >= 11 is 0. The van der Waals surface area contributed by atoms with Crippen LogP contribution in [0.3, 0.4) is 0 Å². The summed E-state index contributed by atoms with van der Waals surface area (Å²) in [7, 11) is 0. The Bertz CT molecular complexity index is 1590. The van der Waals surface area contributed by atoms with Gasteiger partial charge in [-0.2, -0.15) is 0 Å². The van der Waals surface area contributed by atoms with Gasteiger partial charge in [-0.05, 0) is 27.7 Å². The SMILES string of the molecule is CC(=O)OC[C@H]1O[C@@H](OC[C@@H]2OC(C)(C)O[C@H]2[C@H]2OC(C)(C)O[C@@H]2CO[C@@H]2O[C@H](COC(C)=O)[C@@H](OC(C)=O)[C@H](OC(C)=O)[C@H]2OC(C)=O)[C@H](OC(C)=O)[C@@H](OC(C)=O)[C@@H]1OC(C)=O. The molecular formula is C40H58O24. The molecule has 0 N–H and O–H groups in total. The van der Waals surface area contributed by atoms with Gasteiger partial charge in [-0.1, -0.05) is 0 Å². The maximum Gasteiger partial charge on any atom is 0.303 e. The standard InChI is InChI=1S/C40H58O24/c1-17(41)49-13-25-29(53-19(3)43)33(55-21(5)45)35(57-23(7)47)37(59-25)51-15-27-31(63-39(9,10)61-27)32-28(62-40(11,12)64-32)16-52-38-36(58-24(8)48)34(56-22(6)46)30(54-20(4)44)26(60-38)14-50-18(2)42/h25-38H,13-16H2,1-12H3/t25-,26-,27-,28+,29-,30-,31+,32-,33+,34+,35-,36-,37-,38-/m1/s1. The Morgan fingerprint density at radius 2 is 0.641 bits per heavy atom. The molecule has 4 aliphatic heterocycles. The topological polar surface area (TPSA) is 284 Å². The monoisotopic (exact) mass is 922 g/mol. The van der Waals surface area contributed by atoms with Crippen LogP contribution in [0.4, 0.5) is 0 Å². The van der Waals surface area contributed by atoms with Crippen LogP contribution >= 0.6 is 0 Å². The van der Waals surface area contributed by atoms with E-state index in [1.165, 1.54) is 0 Å². The number of hydrogen-bond donors (Lipinski definition) is 0. The van der Waals surface area contributed by atoms with E-state index in [2.05, 4.69) is 0 Å². The van der Waals surface area contributed by atoms with Gasteiger partial charge in [0.2, 0.25) is 0 Å². The minimum absolute atomic E-state index is 0.380. The van der Waals surface area contributed by atoms with Crippen LogP contribution in [0.5, 0.6) is 0 Å². The molecule has 4 heterocycles. The Morgan fingerprint density at radius 1 is 0.359 bits per heavy atom. The van der Waals surface area contributed by atoms with Gasteiger partial charge in [0.25, 0.3) is 0 Å². The molecule has 4 fully saturated rings. The number of ether oxygens (including phenoxy) is 16. The average Bonchev–Trinajstić information content (AvgIpc) is 3.63. The highest BCUT2D eigenvalue weighted by atomic mass is 16.8. The predicted octanol–water partition coefficient (Wildman–Crippen LogP) is 0.226. The molecule has 24 nitrogen and oxygen atoms in total. The first-order valence-corrected chi connectivity index (χ1v) is 20.3. The van der Waals surface area contributed by atoms with Gasteiger partial charge in [-0.25, -0.2) is 0 Å². The van der Waals surface area contributed by atoms with Crippen LogP contribution in [0, 0.1) is 0 Å². The maximum absolute atomic E-state index is 12.4. The molecule has 4 aliphatic rings. The minimum atomic E-state index is -1.55. The normalized spacial score (nSPS) is 34.1. The second kappa shape index (κ2) is 22.1. The number of hydrogen-bond acceptors (Lipinski definition) is 24. The lowest BCUT2D eigenvalue weighted by Crippen LogP contribution is -2.63. The lowest BCUT2D eigenvalue weighted by atomic mass is 9.98. The van der Waals surface area contributed by atoms with Crippen LogP contribution < -0.4 is 0 Å². The number of esters is 8. The first-order valence-electron chi connectivity index (χ1n) is 20.3. The fourth-order valence-electron chi connectivity index (χ4n) is 7.57. The predicted molar refractivity (Wildman–Crippen MR) is 203 cm³/mol. The van der Waals surface area contributed by atoms with Crippen molar-refractivity contribution in [1.29, 1.82) is 0 Å².